The maximum absolute atomic E-state index is 11.7. The zero-order valence-electron chi connectivity index (χ0n) is 10.8. The van der Waals surface area contributed by atoms with Crippen molar-refractivity contribution in [1.29, 1.82) is 0 Å². The molecule has 0 aromatic carbocycles. The minimum absolute atomic E-state index is 0.0146. The summed E-state index contributed by atoms with van der Waals surface area (Å²) in [4.78, 5) is 24.5. The molecule has 4 nitrogen and oxygen atoms in total. The molecule has 0 rings (SSSR count). The molecule has 0 aromatic rings. The lowest BCUT2D eigenvalue weighted by molar-refractivity contribution is -0.147. The van der Waals surface area contributed by atoms with Gasteiger partial charge in [0.2, 0.25) is 5.91 Å². The average molecular weight is 239 g/mol. The normalized spacial score (nSPS) is 11.0. The van der Waals surface area contributed by atoms with Gasteiger partial charge in [-0.15, -0.1) is 0 Å². The number of carbonyl (C=O) groups is 2. The highest BCUT2D eigenvalue weighted by Gasteiger charge is 2.14. The first-order valence-electron chi connectivity index (χ1n) is 5.89. The molecule has 0 fully saturated rings. The number of hydrogen-bond acceptors (Lipinski definition) is 3. The summed E-state index contributed by atoms with van der Waals surface area (Å²) in [6.07, 6.45) is 7.53. The number of allylic oxidation sites excluding steroid dienone is 3. The fraction of sp³-hybridized carbons (Fsp3) is 0.538. The fourth-order valence-corrected chi connectivity index (χ4v) is 1.25. The van der Waals surface area contributed by atoms with Crippen LogP contribution in [0.2, 0.25) is 0 Å². The minimum Gasteiger partial charge on any atom is -0.465 e. The van der Waals surface area contributed by atoms with E-state index in [0.29, 0.717) is 13.2 Å². The Morgan fingerprint density at radius 2 is 1.94 bits per heavy atom. The van der Waals surface area contributed by atoms with Crippen LogP contribution in [-0.4, -0.2) is 36.5 Å². The molecule has 0 aliphatic rings. The van der Waals surface area contributed by atoms with Gasteiger partial charge in [0, 0.05) is 12.6 Å². The van der Waals surface area contributed by atoms with E-state index in [1.165, 1.54) is 11.0 Å². The predicted octanol–water partition coefficient (Wildman–Crippen LogP) is 1.92. The SMILES string of the molecule is C/C=C/C=C/C(=O)N(CCC)CC(=O)OCC. The molecule has 0 aromatic heterocycles. The second kappa shape index (κ2) is 9.63. The smallest absolute Gasteiger partial charge is 0.325 e. The van der Waals surface area contributed by atoms with E-state index in [9.17, 15) is 9.59 Å². The fourth-order valence-electron chi connectivity index (χ4n) is 1.25. The van der Waals surface area contributed by atoms with Crippen LogP contribution in [0.15, 0.2) is 24.3 Å². The summed E-state index contributed by atoms with van der Waals surface area (Å²) in [5.74, 6) is -0.535. The van der Waals surface area contributed by atoms with E-state index in [0.717, 1.165) is 6.42 Å². The third-order valence-corrected chi connectivity index (χ3v) is 1.97. The number of carbonyl (C=O) groups excluding carboxylic acids is 2. The first-order valence-corrected chi connectivity index (χ1v) is 5.89. The van der Waals surface area contributed by atoms with Crippen LogP contribution in [0.3, 0.4) is 0 Å². The van der Waals surface area contributed by atoms with Crippen molar-refractivity contribution in [3.05, 3.63) is 24.3 Å². The van der Waals surface area contributed by atoms with Crippen molar-refractivity contribution in [1.82, 2.24) is 4.90 Å². The Morgan fingerprint density at radius 1 is 1.24 bits per heavy atom. The summed E-state index contributed by atoms with van der Waals surface area (Å²) >= 11 is 0. The van der Waals surface area contributed by atoms with Crippen molar-refractivity contribution >= 4 is 11.9 Å². The van der Waals surface area contributed by atoms with E-state index in [-0.39, 0.29) is 18.4 Å². The standard InChI is InChI=1S/C13H21NO3/c1-4-7-8-9-12(15)14(10-5-2)11-13(16)17-6-3/h4,7-9H,5-6,10-11H2,1-3H3/b7-4+,9-8+. The molecule has 0 spiro atoms. The van der Waals surface area contributed by atoms with Gasteiger partial charge in [-0.05, 0) is 20.3 Å². The monoisotopic (exact) mass is 239 g/mol. The summed E-state index contributed by atoms with van der Waals surface area (Å²) in [5, 5.41) is 0. The van der Waals surface area contributed by atoms with Crippen molar-refractivity contribution in [2.45, 2.75) is 27.2 Å². The largest absolute Gasteiger partial charge is 0.465 e. The lowest BCUT2D eigenvalue weighted by Crippen LogP contribution is -2.36. The van der Waals surface area contributed by atoms with Crippen LogP contribution in [0.4, 0.5) is 0 Å². The van der Waals surface area contributed by atoms with E-state index in [1.54, 1.807) is 19.1 Å². The molecule has 4 heteroatoms. The topological polar surface area (TPSA) is 46.6 Å². The van der Waals surface area contributed by atoms with Crippen LogP contribution >= 0.6 is 0 Å². The van der Waals surface area contributed by atoms with Crippen LogP contribution < -0.4 is 0 Å². The van der Waals surface area contributed by atoms with Crippen LogP contribution in [0.25, 0.3) is 0 Å². The molecule has 17 heavy (non-hydrogen) atoms. The van der Waals surface area contributed by atoms with E-state index >= 15 is 0 Å². The Labute approximate surface area is 103 Å². The Balaban J connectivity index is 4.39. The Morgan fingerprint density at radius 3 is 2.47 bits per heavy atom. The van der Waals surface area contributed by atoms with Gasteiger partial charge in [-0.1, -0.05) is 25.2 Å². The van der Waals surface area contributed by atoms with Gasteiger partial charge < -0.3 is 9.64 Å². The zero-order chi connectivity index (χ0) is 13.1. The Kier molecular flexibility index (Phi) is 8.74. The van der Waals surface area contributed by atoms with Gasteiger partial charge in [-0.25, -0.2) is 0 Å². The van der Waals surface area contributed by atoms with Crippen LogP contribution in [0, 0.1) is 0 Å². The molecule has 1 amide bonds. The highest BCUT2D eigenvalue weighted by atomic mass is 16.5. The van der Waals surface area contributed by atoms with Crippen LogP contribution in [-0.2, 0) is 14.3 Å². The maximum atomic E-state index is 11.7. The quantitative estimate of drug-likeness (QED) is 0.387. The molecule has 0 saturated carbocycles. The molecule has 0 unspecified atom stereocenters. The predicted molar refractivity (Wildman–Crippen MR) is 67.5 cm³/mol. The molecule has 0 heterocycles. The summed E-state index contributed by atoms with van der Waals surface area (Å²) in [7, 11) is 0. The van der Waals surface area contributed by atoms with E-state index in [2.05, 4.69) is 0 Å². The number of amides is 1. The van der Waals surface area contributed by atoms with E-state index < -0.39 is 0 Å². The molecular formula is C13H21NO3. The number of ether oxygens (including phenoxy) is 1. The average Bonchev–Trinajstić information content (AvgIpc) is 2.29. The molecular weight excluding hydrogens is 218 g/mol. The first kappa shape index (κ1) is 15.4. The van der Waals surface area contributed by atoms with E-state index in [4.69, 9.17) is 4.74 Å². The Hall–Kier alpha value is -1.58. The van der Waals surface area contributed by atoms with Crippen molar-refractivity contribution in [2.24, 2.45) is 0 Å². The van der Waals surface area contributed by atoms with Gasteiger partial charge in [0.1, 0.15) is 6.54 Å². The van der Waals surface area contributed by atoms with Gasteiger partial charge in [0.25, 0.3) is 0 Å². The van der Waals surface area contributed by atoms with E-state index in [1.807, 2.05) is 19.9 Å². The molecule has 96 valence electrons. The lowest BCUT2D eigenvalue weighted by Gasteiger charge is -2.19. The highest BCUT2D eigenvalue weighted by molar-refractivity contribution is 5.90. The number of rotatable bonds is 7. The molecule has 0 radical (unpaired) electrons. The number of esters is 1. The number of hydrogen-bond donors (Lipinski definition) is 0. The zero-order valence-corrected chi connectivity index (χ0v) is 10.8. The van der Waals surface area contributed by atoms with Gasteiger partial charge in [0.15, 0.2) is 0 Å². The summed E-state index contributed by atoms with van der Waals surface area (Å²) < 4.78 is 4.82. The van der Waals surface area contributed by atoms with Crippen molar-refractivity contribution < 1.29 is 14.3 Å². The highest BCUT2D eigenvalue weighted by Crippen LogP contribution is 1.96. The second-order valence-electron chi connectivity index (χ2n) is 3.45. The van der Waals surface area contributed by atoms with Crippen LogP contribution in [0.5, 0.6) is 0 Å². The maximum Gasteiger partial charge on any atom is 0.325 e. The minimum atomic E-state index is -0.367. The van der Waals surface area contributed by atoms with Gasteiger partial charge in [-0.3, -0.25) is 9.59 Å². The van der Waals surface area contributed by atoms with Gasteiger partial charge >= 0.3 is 5.97 Å². The van der Waals surface area contributed by atoms with Gasteiger partial charge in [-0.2, -0.15) is 0 Å². The third kappa shape index (κ3) is 7.33. The summed E-state index contributed by atoms with van der Waals surface area (Å²) in [6, 6.07) is 0. The second-order valence-corrected chi connectivity index (χ2v) is 3.45. The molecule has 0 saturated heterocycles. The van der Waals surface area contributed by atoms with Crippen molar-refractivity contribution in [3.8, 4) is 0 Å². The lowest BCUT2D eigenvalue weighted by atomic mass is 10.3. The Bertz CT molecular complexity index is 295. The first-order chi connectivity index (χ1) is 8.15. The summed E-state index contributed by atoms with van der Waals surface area (Å²) in [6.45, 7) is 6.48. The van der Waals surface area contributed by atoms with Gasteiger partial charge in [0.05, 0.1) is 6.61 Å². The molecule has 0 aliphatic heterocycles. The molecule has 0 N–H and O–H groups in total. The molecule has 0 atom stereocenters. The van der Waals surface area contributed by atoms with Crippen molar-refractivity contribution in [2.75, 3.05) is 19.7 Å². The van der Waals surface area contributed by atoms with Crippen molar-refractivity contribution in [3.63, 3.8) is 0 Å². The third-order valence-electron chi connectivity index (χ3n) is 1.97. The van der Waals surface area contributed by atoms with Crippen LogP contribution in [0.1, 0.15) is 27.2 Å². The number of nitrogens with zero attached hydrogens (tertiary/aromatic N) is 1. The molecule has 0 aliphatic carbocycles. The molecule has 0 bridgehead atoms. The summed E-state index contributed by atoms with van der Waals surface area (Å²) in [5.41, 5.74) is 0.